The van der Waals surface area contributed by atoms with E-state index in [0.29, 0.717) is 11.4 Å². The van der Waals surface area contributed by atoms with Crippen LogP contribution in [0.25, 0.3) is 0 Å². The molecule has 0 bridgehead atoms. The van der Waals surface area contributed by atoms with Crippen molar-refractivity contribution in [2.24, 2.45) is 4.99 Å². The van der Waals surface area contributed by atoms with Gasteiger partial charge < -0.3 is 14.8 Å². The number of anilines is 1. The Labute approximate surface area is 198 Å². The van der Waals surface area contributed by atoms with Gasteiger partial charge in [-0.3, -0.25) is 14.0 Å². The lowest BCUT2D eigenvalue weighted by molar-refractivity contribution is -0.115. The van der Waals surface area contributed by atoms with Gasteiger partial charge in [0, 0.05) is 58.0 Å². The molecule has 0 radical (unpaired) electrons. The second kappa shape index (κ2) is 8.60. The van der Waals surface area contributed by atoms with Gasteiger partial charge in [-0.05, 0) is 57.9 Å². The topological polar surface area (TPSA) is 77.0 Å². The quantitative estimate of drug-likeness (QED) is 0.686. The van der Waals surface area contributed by atoms with Crippen molar-refractivity contribution in [1.29, 1.82) is 0 Å². The predicted molar refractivity (Wildman–Crippen MR) is 133 cm³/mol. The number of carbonyl (C=O) groups excluding carboxylic acids is 1. The summed E-state index contributed by atoms with van der Waals surface area (Å²) in [6.07, 6.45) is 3.41. The molecule has 0 spiro atoms. The SMILES string of the molecule is COc1cc2c(c3c1OC(C)(C)C3)C(c1cccc(NC(=O)CCS(C)=O)c1)=NC(C)(C)C2. The number of aliphatic imine (C=N–C) groups is 1. The first-order valence-corrected chi connectivity index (χ1v) is 12.9. The Kier molecular flexibility index (Phi) is 6.12. The van der Waals surface area contributed by atoms with E-state index in [4.69, 9.17) is 14.5 Å². The fraction of sp³-hybridized carbons (Fsp3) is 0.462. The highest BCUT2D eigenvalue weighted by molar-refractivity contribution is 7.84. The summed E-state index contributed by atoms with van der Waals surface area (Å²) in [6.45, 7) is 8.43. The van der Waals surface area contributed by atoms with Crippen LogP contribution in [0.15, 0.2) is 35.3 Å². The van der Waals surface area contributed by atoms with Crippen LogP contribution >= 0.6 is 0 Å². The van der Waals surface area contributed by atoms with Gasteiger partial charge in [0.25, 0.3) is 0 Å². The van der Waals surface area contributed by atoms with Crippen LogP contribution in [0.5, 0.6) is 11.5 Å². The number of fused-ring (bicyclic) bond motifs is 3. The van der Waals surface area contributed by atoms with Gasteiger partial charge in [-0.2, -0.15) is 0 Å². The first kappa shape index (κ1) is 23.5. The molecule has 2 aliphatic rings. The molecule has 6 nitrogen and oxygen atoms in total. The summed E-state index contributed by atoms with van der Waals surface area (Å²) >= 11 is 0. The smallest absolute Gasteiger partial charge is 0.225 e. The van der Waals surface area contributed by atoms with Crippen molar-refractivity contribution in [3.8, 4) is 11.5 Å². The van der Waals surface area contributed by atoms with Crippen molar-refractivity contribution < 1.29 is 18.5 Å². The van der Waals surface area contributed by atoms with E-state index in [0.717, 1.165) is 46.7 Å². The number of hydrogen-bond donors (Lipinski definition) is 1. The lowest BCUT2D eigenvalue weighted by Crippen LogP contribution is -2.30. The highest BCUT2D eigenvalue weighted by atomic mass is 32.2. The van der Waals surface area contributed by atoms with E-state index in [1.165, 1.54) is 5.56 Å². The van der Waals surface area contributed by atoms with Gasteiger partial charge >= 0.3 is 0 Å². The zero-order valence-electron chi connectivity index (χ0n) is 20.2. The van der Waals surface area contributed by atoms with Gasteiger partial charge in [-0.15, -0.1) is 0 Å². The van der Waals surface area contributed by atoms with Crippen LogP contribution in [0.4, 0.5) is 5.69 Å². The molecule has 2 aromatic rings. The third-order valence-corrected chi connectivity index (χ3v) is 6.72. The molecule has 0 aromatic heterocycles. The molecule has 1 atom stereocenters. The van der Waals surface area contributed by atoms with Crippen molar-refractivity contribution in [3.63, 3.8) is 0 Å². The average Bonchev–Trinajstić information content (AvgIpc) is 3.05. The molecule has 33 heavy (non-hydrogen) atoms. The maximum atomic E-state index is 12.3. The number of hydrogen-bond acceptors (Lipinski definition) is 5. The summed E-state index contributed by atoms with van der Waals surface area (Å²) in [5, 5.41) is 2.93. The Morgan fingerprint density at radius 3 is 2.67 bits per heavy atom. The number of ether oxygens (including phenoxy) is 2. The molecule has 1 unspecified atom stereocenters. The van der Waals surface area contributed by atoms with Gasteiger partial charge in [0.15, 0.2) is 11.5 Å². The zero-order valence-corrected chi connectivity index (χ0v) is 21.0. The van der Waals surface area contributed by atoms with E-state index < -0.39 is 10.8 Å². The van der Waals surface area contributed by atoms with E-state index in [9.17, 15) is 9.00 Å². The Balaban J connectivity index is 1.77. The summed E-state index contributed by atoms with van der Waals surface area (Å²) in [5.74, 6) is 1.77. The molecule has 7 heteroatoms. The van der Waals surface area contributed by atoms with E-state index in [1.54, 1.807) is 13.4 Å². The van der Waals surface area contributed by atoms with Crippen molar-refractivity contribution >= 4 is 28.1 Å². The Morgan fingerprint density at radius 1 is 1.21 bits per heavy atom. The lowest BCUT2D eigenvalue weighted by Gasteiger charge is -2.31. The first-order valence-electron chi connectivity index (χ1n) is 11.2. The van der Waals surface area contributed by atoms with Crippen molar-refractivity contribution in [2.45, 2.75) is 58.1 Å². The molecule has 4 rings (SSSR count). The molecular formula is C26H32N2O4S. The van der Waals surface area contributed by atoms with Crippen LogP contribution in [0, 0.1) is 0 Å². The van der Waals surface area contributed by atoms with Crippen LogP contribution < -0.4 is 14.8 Å². The Bertz CT molecular complexity index is 1170. The highest BCUT2D eigenvalue weighted by Gasteiger charge is 2.39. The number of nitrogens with zero attached hydrogens (tertiary/aromatic N) is 1. The fourth-order valence-corrected chi connectivity index (χ4v) is 5.11. The molecule has 1 N–H and O–H groups in total. The van der Waals surface area contributed by atoms with E-state index in [2.05, 4.69) is 39.1 Å². The summed E-state index contributed by atoms with van der Waals surface area (Å²) < 4.78 is 23.3. The second-order valence-electron chi connectivity index (χ2n) is 10.1. The molecule has 0 saturated carbocycles. The summed E-state index contributed by atoms with van der Waals surface area (Å²) in [6, 6.07) is 9.87. The number of nitrogens with one attached hydrogen (secondary N) is 1. The minimum Gasteiger partial charge on any atom is -0.493 e. The van der Waals surface area contributed by atoms with E-state index in [-0.39, 0.29) is 23.5 Å². The van der Waals surface area contributed by atoms with Crippen molar-refractivity contribution in [1.82, 2.24) is 0 Å². The highest BCUT2D eigenvalue weighted by Crippen LogP contribution is 2.47. The van der Waals surface area contributed by atoms with Crippen LogP contribution in [0.1, 0.15) is 56.4 Å². The number of amides is 1. The van der Waals surface area contributed by atoms with Crippen LogP contribution in [-0.2, 0) is 28.4 Å². The summed E-state index contributed by atoms with van der Waals surface area (Å²) in [4.78, 5) is 17.4. The lowest BCUT2D eigenvalue weighted by atomic mass is 9.81. The van der Waals surface area contributed by atoms with Crippen LogP contribution in [0.2, 0.25) is 0 Å². The molecule has 2 heterocycles. The Morgan fingerprint density at radius 2 is 1.97 bits per heavy atom. The zero-order chi connectivity index (χ0) is 24.0. The molecule has 1 amide bonds. The van der Waals surface area contributed by atoms with Gasteiger partial charge in [0.1, 0.15) is 5.60 Å². The number of rotatable bonds is 6. The van der Waals surface area contributed by atoms with Gasteiger partial charge in [0.05, 0.1) is 18.4 Å². The monoisotopic (exact) mass is 468 g/mol. The molecule has 0 aliphatic carbocycles. The number of carbonyl (C=O) groups is 1. The molecule has 2 aromatic carbocycles. The number of methoxy groups -OCH3 is 1. The first-order chi connectivity index (χ1) is 15.5. The minimum atomic E-state index is -0.997. The average molecular weight is 469 g/mol. The third-order valence-electron chi connectivity index (χ3n) is 5.94. The van der Waals surface area contributed by atoms with E-state index in [1.807, 2.05) is 24.3 Å². The summed E-state index contributed by atoms with van der Waals surface area (Å²) in [5.41, 5.74) is 5.39. The van der Waals surface area contributed by atoms with Gasteiger partial charge in [-0.25, -0.2) is 0 Å². The standard InChI is InChI=1S/C26H32N2O4S/c1-25(2)14-17-13-20(31-5)24-19(15-26(3,4)32-24)22(17)23(28-25)16-8-7-9-18(12-16)27-21(29)10-11-33(6)30/h7-9,12-13H,10-11,14-15H2,1-6H3,(H,27,29). The van der Waals surface area contributed by atoms with Gasteiger partial charge in [0.2, 0.25) is 5.91 Å². The molecule has 0 saturated heterocycles. The minimum absolute atomic E-state index is 0.144. The number of benzene rings is 2. The third kappa shape index (κ3) is 4.98. The predicted octanol–water partition coefficient (Wildman–Crippen LogP) is 4.29. The van der Waals surface area contributed by atoms with Crippen molar-refractivity contribution in [2.75, 3.05) is 24.4 Å². The molecular weight excluding hydrogens is 436 g/mol. The second-order valence-corrected chi connectivity index (χ2v) is 11.6. The normalized spacial score (nSPS) is 18.4. The van der Waals surface area contributed by atoms with Crippen LogP contribution in [0.3, 0.4) is 0 Å². The molecule has 2 aliphatic heterocycles. The largest absolute Gasteiger partial charge is 0.493 e. The summed E-state index contributed by atoms with van der Waals surface area (Å²) in [7, 11) is 0.683. The molecule has 176 valence electrons. The van der Waals surface area contributed by atoms with E-state index >= 15 is 0 Å². The maximum Gasteiger partial charge on any atom is 0.225 e. The Hall–Kier alpha value is -2.67. The van der Waals surface area contributed by atoms with Gasteiger partial charge in [-0.1, -0.05) is 12.1 Å². The maximum absolute atomic E-state index is 12.3. The molecule has 0 fully saturated rings. The van der Waals surface area contributed by atoms with Crippen LogP contribution in [-0.4, -0.2) is 46.1 Å². The fourth-order valence-electron chi connectivity index (χ4n) is 4.63. The van der Waals surface area contributed by atoms with Crippen molar-refractivity contribution in [3.05, 3.63) is 52.6 Å².